The van der Waals surface area contributed by atoms with Gasteiger partial charge in [-0.3, -0.25) is 0 Å². The van der Waals surface area contributed by atoms with Crippen molar-refractivity contribution < 1.29 is 18.3 Å². The molecule has 0 fully saturated rings. The lowest BCUT2D eigenvalue weighted by atomic mass is 10.1. The molecule has 0 saturated heterocycles. The molecule has 2 rings (SSSR count). The van der Waals surface area contributed by atoms with Gasteiger partial charge in [-0.05, 0) is 44.0 Å². The van der Waals surface area contributed by atoms with Crippen molar-refractivity contribution in [3.63, 3.8) is 0 Å². The quantitative estimate of drug-likeness (QED) is 0.654. The molecule has 0 aliphatic heterocycles. The Bertz CT molecular complexity index is 866. The van der Waals surface area contributed by atoms with Crippen LogP contribution in [0, 0.1) is 0 Å². The van der Waals surface area contributed by atoms with Gasteiger partial charge in [-0.2, -0.15) is 0 Å². The number of carboxylic acids is 1. The average Bonchev–Trinajstić information content (AvgIpc) is 2.61. The van der Waals surface area contributed by atoms with E-state index in [1.165, 1.54) is 18.2 Å². The zero-order valence-electron chi connectivity index (χ0n) is 15.1. The fourth-order valence-electron chi connectivity index (χ4n) is 2.47. The van der Waals surface area contributed by atoms with Crippen LogP contribution in [0.1, 0.15) is 49.2 Å². The molecule has 0 aliphatic carbocycles. The fraction of sp³-hybridized carbons (Fsp3) is 0.316. The van der Waals surface area contributed by atoms with Crippen molar-refractivity contribution in [1.29, 1.82) is 0 Å². The largest absolute Gasteiger partial charge is 0.478 e. The summed E-state index contributed by atoms with van der Waals surface area (Å²) >= 11 is 0. The van der Waals surface area contributed by atoms with E-state index < -0.39 is 16.0 Å². The van der Waals surface area contributed by atoms with Crippen LogP contribution in [0.15, 0.2) is 53.4 Å². The van der Waals surface area contributed by atoms with E-state index in [1.54, 1.807) is 6.92 Å². The molecule has 26 heavy (non-hydrogen) atoms. The van der Waals surface area contributed by atoms with Crippen molar-refractivity contribution in [3.05, 3.63) is 59.7 Å². The van der Waals surface area contributed by atoms with Gasteiger partial charge in [0.05, 0.1) is 11.3 Å². The molecule has 2 aromatic rings. The number of carbonyl (C=O) groups is 1. The van der Waals surface area contributed by atoms with Crippen LogP contribution in [-0.2, 0) is 10.0 Å². The van der Waals surface area contributed by atoms with E-state index in [4.69, 9.17) is 0 Å². The Morgan fingerprint density at radius 2 is 1.77 bits per heavy atom. The molecule has 2 aromatic carbocycles. The van der Waals surface area contributed by atoms with Crippen molar-refractivity contribution in [2.24, 2.45) is 0 Å². The molecule has 140 valence electrons. The number of aromatic carboxylic acids is 1. The van der Waals surface area contributed by atoms with E-state index >= 15 is 0 Å². The number of benzene rings is 2. The van der Waals surface area contributed by atoms with Crippen molar-refractivity contribution in [3.8, 4) is 0 Å². The van der Waals surface area contributed by atoms with Gasteiger partial charge in [0.15, 0.2) is 0 Å². The summed E-state index contributed by atoms with van der Waals surface area (Å²) in [6.07, 6.45) is 0.626. The second-order valence-corrected chi connectivity index (χ2v) is 7.91. The topological polar surface area (TPSA) is 95.5 Å². The maximum absolute atomic E-state index is 12.8. The van der Waals surface area contributed by atoms with E-state index in [-0.39, 0.29) is 22.5 Å². The second kappa shape index (κ2) is 8.33. The first kappa shape index (κ1) is 19.9. The lowest BCUT2D eigenvalue weighted by molar-refractivity contribution is 0.0696. The summed E-state index contributed by atoms with van der Waals surface area (Å²) in [6, 6.07) is 13.3. The lowest BCUT2D eigenvalue weighted by Gasteiger charge is -2.20. The van der Waals surface area contributed by atoms with Gasteiger partial charge in [0.2, 0.25) is 10.0 Å². The molecule has 0 heterocycles. The molecule has 7 heteroatoms. The van der Waals surface area contributed by atoms with Crippen molar-refractivity contribution in [1.82, 2.24) is 4.72 Å². The summed E-state index contributed by atoms with van der Waals surface area (Å²) in [5.74, 6) is -1.17. The first-order valence-electron chi connectivity index (χ1n) is 8.45. The summed E-state index contributed by atoms with van der Waals surface area (Å²) < 4.78 is 28.1. The minimum Gasteiger partial charge on any atom is -0.478 e. The fourth-order valence-corrected chi connectivity index (χ4v) is 3.99. The maximum atomic E-state index is 12.8. The smallest absolute Gasteiger partial charge is 0.335 e. The molecule has 0 spiro atoms. The highest BCUT2D eigenvalue weighted by Crippen LogP contribution is 2.27. The molecule has 0 amide bonds. The van der Waals surface area contributed by atoms with E-state index in [2.05, 4.69) is 10.0 Å². The molecule has 3 N–H and O–H groups in total. The molecule has 2 atom stereocenters. The van der Waals surface area contributed by atoms with Gasteiger partial charge in [0.25, 0.3) is 0 Å². The van der Waals surface area contributed by atoms with Gasteiger partial charge in [0, 0.05) is 12.1 Å². The van der Waals surface area contributed by atoms with Gasteiger partial charge < -0.3 is 10.4 Å². The lowest BCUT2D eigenvalue weighted by Crippen LogP contribution is -2.32. The van der Waals surface area contributed by atoms with Gasteiger partial charge in [0.1, 0.15) is 4.90 Å². The van der Waals surface area contributed by atoms with Gasteiger partial charge in [-0.25, -0.2) is 17.9 Å². The van der Waals surface area contributed by atoms with Crippen LogP contribution >= 0.6 is 0 Å². The number of carboxylic acid groups (broad SMARTS) is 1. The van der Waals surface area contributed by atoms with Crippen LogP contribution in [0.25, 0.3) is 0 Å². The van der Waals surface area contributed by atoms with Crippen molar-refractivity contribution >= 4 is 21.7 Å². The molecule has 0 aliphatic rings. The molecular formula is C19H24N2O4S. The van der Waals surface area contributed by atoms with E-state index in [0.717, 1.165) is 5.56 Å². The predicted octanol–water partition coefficient (Wildman–Crippen LogP) is 3.63. The highest BCUT2D eigenvalue weighted by Gasteiger charge is 2.23. The Kier molecular flexibility index (Phi) is 6.39. The number of hydrogen-bond donors (Lipinski definition) is 3. The van der Waals surface area contributed by atoms with Crippen LogP contribution in [0.5, 0.6) is 0 Å². The standard InChI is InChI=1S/C19H24N2O4S/c1-4-13(2)21-26(24,25)18-12-16(19(22)23)10-11-17(18)20-14(3)15-8-6-5-7-9-15/h5-14,20-21H,4H2,1-3H3,(H,22,23)/t13-,14-/m0/s1. The number of rotatable bonds is 8. The third-order valence-corrected chi connectivity index (χ3v) is 5.79. The Hall–Kier alpha value is -2.38. The molecule has 0 unspecified atom stereocenters. The number of hydrogen-bond acceptors (Lipinski definition) is 4. The second-order valence-electron chi connectivity index (χ2n) is 6.22. The first-order chi connectivity index (χ1) is 12.2. The van der Waals surface area contributed by atoms with Gasteiger partial charge in [-0.15, -0.1) is 0 Å². The molecule has 0 bridgehead atoms. The van der Waals surface area contributed by atoms with Gasteiger partial charge in [-0.1, -0.05) is 37.3 Å². The molecule has 6 nitrogen and oxygen atoms in total. The van der Waals surface area contributed by atoms with E-state index in [0.29, 0.717) is 12.1 Å². The zero-order chi connectivity index (χ0) is 19.3. The van der Waals surface area contributed by atoms with Gasteiger partial charge >= 0.3 is 5.97 Å². The van der Waals surface area contributed by atoms with Crippen LogP contribution in [0.4, 0.5) is 5.69 Å². The first-order valence-corrected chi connectivity index (χ1v) is 9.94. The minimum atomic E-state index is -3.86. The Balaban J connectivity index is 2.44. The Morgan fingerprint density at radius 1 is 1.12 bits per heavy atom. The minimum absolute atomic E-state index is 0.0690. The molecule has 0 saturated carbocycles. The molecular weight excluding hydrogens is 352 g/mol. The summed E-state index contributed by atoms with van der Waals surface area (Å²) in [4.78, 5) is 11.2. The molecule has 0 aromatic heterocycles. The summed E-state index contributed by atoms with van der Waals surface area (Å²) in [6.45, 7) is 5.55. The van der Waals surface area contributed by atoms with E-state index in [1.807, 2.05) is 44.2 Å². The summed E-state index contributed by atoms with van der Waals surface area (Å²) in [7, 11) is -3.86. The summed E-state index contributed by atoms with van der Waals surface area (Å²) in [5.41, 5.74) is 1.28. The summed E-state index contributed by atoms with van der Waals surface area (Å²) in [5, 5.41) is 12.4. The van der Waals surface area contributed by atoms with Crippen LogP contribution in [0.2, 0.25) is 0 Å². The van der Waals surface area contributed by atoms with Crippen LogP contribution < -0.4 is 10.0 Å². The monoisotopic (exact) mass is 376 g/mol. The number of nitrogens with one attached hydrogen (secondary N) is 2. The Labute approximate surface area is 154 Å². The third-order valence-electron chi connectivity index (χ3n) is 4.16. The number of anilines is 1. The predicted molar refractivity (Wildman–Crippen MR) is 102 cm³/mol. The number of sulfonamides is 1. The van der Waals surface area contributed by atoms with Crippen molar-refractivity contribution in [2.45, 2.75) is 44.2 Å². The average molecular weight is 376 g/mol. The normalized spacial score (nSPS) is 13.8. The third kappa shape index (κ3) is 4.83. The SMILES string of the molecule is CC[C@H](C)NS(=O)(=O)c1cc(C(=O)O)ccc1N[C@@H](C)c1ccccc1. The highest BCUT2D eigenvalue weighted by atomic mass is 32.2. The zero-order valence-corrected chi connectivity index (χ0v) is 15.9. The van der Waals surface area contributed by atoms with E-state index in [9.17, 15) is 18.3 Å². The highest BCUT2D eigenvalue weighted by molar-refractivity contribution is 7.89. The van der Waals surface area contributed by atoms with Crippen LogP contribution in [-0.4, -0.2) is 25.5 Å². The van der Waals surface area contributed by atoms with Crippen molar-refractivity contribution in [2.75, 3.05) is 5.32 Å². The van der Waals surface area contributed by atoms with Crippen LogP contribution in [0.3, 0.4) is 0 Å². The molecule has 0 radical (unpaired) electrons. The Morgan fingerprint density at radius 3 is 2.35 bits per heavy atom. The maximum Gasteiger partial charge on any atom is 0.335 e.